The van der Waals surface area contributed by atoms with Crippen molar-refractivity contribution in [2.75, 3.05) is 0 Å². The van der Waals surface area contributed by atoms with Crippen molar-refractivity contribution < 1.29 is 0 Å². The van der Waals surface area contributed by atoms with E-state index in [9.17, 15) is 0 Å². The molecule has 0 amide bonds. The van der Waals surface area contributed by atoms with Crippen LogP contribution in [0.4, 0.5) is 0 Å². The number of aromatic amines is 1. The summed E-state index contributed by atoms with van der Waals surface area (Å²) in [6, 6.07) is 8.15. The fourth-order valence-electron chi connectivity index (χ4n) is 1.41. The first kappa shape index (κ1) is 8.26. The first-order chi connectivity index (χ1) is 6.25. The summed E-state index contributed by atoms with van der Waals surface area (Å²) in [6.07, 6.45) is 0.800. The minimum Gasteiger partial charge on any atom is -0.342 e. The Labute approximate surface area is 77.0 Å². The number of para-hydroxylation sites is 2. The van der Waals surface area contributed by atoms with Gasteiger partial charge in [-0.1, -0.05) is 12.1 Å². The van der Waals surface area contributed by atoms with Crippen molar-refractivity contribution in [2.45, 2.75) is 19.4 Å². The van der Waals surface area contributed by atoms with Crippen LogP contribution in [0, 0.1) is 0 Å². The summed E-state index contributed by atoms with van der Waals surface area (Å²) in [5, 5.41) is 0. The number of nitrogens with zero attached hydrogens (tertiary/aromatic N) is 1. The van der Waals surface area contributed by atoms with E-state index in [1.165, 1.54) is 0 Å². The number of hydrogen-bond acceptors (Lipinski definition) is 2. The van der Waals surface area contributed by atoms with Crippen LogP contribution >= 0.6 is 0 Å². The summed E-state index contributed by atoms with van der Waals surface area (Å²) in [4.78, 5) is 7.65. The van der Waals surface area contributed by atoms with Crippen molar-refractivity contribution in [1.29, 1.82) is 0 Å². The maximum Gasteiger partial charge on any atom is 0.108 e. The van der Waals surface area contributed by atoms with Crippen LogP contribution in [0.2, 0.25) is 0 Å². The maximum absolute atomic E-state index is 5.69. The second-order valence-electron chi connectivity index (χ2n) is 3.38. The molecule has 0 saturated heterocycles. The highest BCUT2D eigenvalue weighted by Gasteiger charge is 2.03. The number of imidazole rings is 1. The fraction of sp³-hybridized carbons (Fsp3) is 0.300. The number of fused-ring (bicyclic) bond motifs is 1. The predicted molar refractivity (Wildman–Crippen MR) is 53.4 cm³/mol. The number of nitrogens with one attached hydrogen (secondary N) is 1. The molecule has 3 heteroatoms. The van der Waals surface area contributed by atoms with E-state index in [0.717, 1.165) is 23.3 Å². The SMILES string of the molecule is C[C@H](N)Cc1nc2ccccc2[nH]1. The molecule has 13 heavy (non-hydrogen) atoms. The molecular formula is C10H13N3. The molecule has 1 atom stereocenters. The summed E-state index contributed by atoms with van der Waals surface area (Å²) >= 11 is 0. The van der Waals surface area contributed by atoms with Gasteiger partial charge in [0.15, 0.2) is 0 Å². The molecule has 1 heterocycles. The lowest BCUT2D eigenvalue weighted by atomic mass is 10.2. The number of hydrogen-bond donors (Lipinski definition) is 2. The summed E-state index contributed by atoms with van der Waals surface area (Å²) in [5.74, 6) is 0.969. The van der Waals surface area contributed by atoms with Gasteiger partial charge in [-0.2, -0.15) is 0 Å². The van der Waals surface area contributed by atoms with E-state index in [-0.39, 0.29) is 6.04 Å². The molecule has 2 rings (SSSR count). The third-order valence-corrected chi connectivity index (χ3v) is 1.95. The van der Waals surface area contributed by atoms with Crippen LogP contribution in [0.15, 0.2) is 24.3 Å². The molecule has 0 unspecified atom stereocenters. The lowest BCUT2D eigenvalue weighted by Gasteiger charge is -1.98. The Bertz CT molecular complexity index is 370. The van der Waals surface area contributed by atoms with Gasteiger partial charge < -0.3 is 10.7 Å². The average molecular weight is 175 g/mol. The van der Waals surface area contributed by atoms with Crippen molar-refractivity contribution in [3.05, 3.63) is 30.1 Å². The molecule has 0 radical (unpaired) electrons. The smallest absolute Gasteiger partial charge is 0.108 e. The Hall–Kier alpha value is -1.35. The van der Waals surface area contributed by atoms with E-state index in [1.54, 1.807) is 0 Å². The van der Waals surface area contributed by atoms with Crippen LogP contribution in [-0.2, 0) is 6.42 Å². The Morgan fingerprint density at radius 3 is 2.92 bits per heavy atom. The van der Waals surface area contributed by atoms with Crippen LogP contribution in [0.25, 0.3) is 11.0 Å². The summed E-state index contributed by atoms with van der Waals surface area (Å²) in [7, 11) is 0. The van der Waals surface area contributed by atoms with Gasteiger partial charge in [-0.05, 0) is 19.1 Å². The molecule has 0 aliphatic carbocycles. The Morgan fingerprint density at radius 1 is 1.46 bits per heavy atom. The second kappa shape index (κ2) is 3.18. The maximum atomic E-state index is 5.69. The van der Waals surface area contributed by atoms with Crippen LogP contribution < -0.4 is 5.73 Å². The lowest BCUT2D eigenvalue weighted by molar-refractivity contribution is 0.712. The van der Waals surface area contributed by atoms with E-state index >= 15 is 0 Å². The van der Waals surface area contributed by atoms with E-state index in [1.807, 2.05) is 31.2 Å². The molecule has 0 aliphatic rings. The van der Waals surface area contributed by atoms with Crippen LogP contribution in [0.5, 0.6) is 0 Å². The van der Waals surface area contributed by atoms with Gasteiger partial charge in [0.1, 0.15) is 5.82 Å². The van der Waals surface area contributed by atoms with Crippen molar-refractivity contribution in [3.63, 3.8) is 0 Å². The predicted octanol–water partition coefficient (Wildman–Crippen LogP) is 1.45. The number of rotatable bonds is 2. The molecule has 0 aliphatic heterocycles. The Morgan fingerprint density at radius 2 is 2.23 bits per heavy atom. The van der Waals surface area contributed by atoms with Gasteiger partial charge in [0.25, 0.3) is 0 Å². The Balaban J connectivity index is 2.38. The normalized spacial score (nSPS) is 13.4. The molecule has 2 aromatic rings. The zero-order chi connectivity index (χ0) is 9.26. The van der Waals surface area contributed by atoms with Crippen molar-refractivity contribution in [3.8, 4) is 0 Å². The third kappa shape index (κ3) is 1.70. The molecule has 3 nitrogen and oxygen atoms in total. The number of nitrogens with two attached hydrogens (primary N) is 1. The highest BCUT2D eigenvalue weighted by atomic mass is 14.9. The molecule has 1 aromatic heterocycles. The Kier molecular flexibility index (Phi) is 2.02. The third-order valence-electron chi connectivity index (χ3n) is 1.95. The van der Waals surface area contributed by atoms with Gasteiger partial charge in [0.2, 0.25) is 0 Å². The second-order valence-corrected chi connectivity index (χ2v) is 3.38. The molecule has 0 bridgehead atoms. The van der Waals surface area contributed by atoms with Gasteiger partial charge in [-0.15, -0.1) is 0 Å². The van der Waals surface area contributed by atoms with Gasteiger partial charge in [-0.3, -0.25) is 0 Å². The highest BCUT2D eigenvalue weighted by molar-refractivity contribution is 5.74. The van der Waals surface area contributed by atoms with Gasteiger partial charge in [0.05, 0.1) is 11.0 Å². The van der Waals surface area contributed by atoms with Gasteiger partial charge in [0, 0.05) is 12.5 Å². The topological polar surface area (TPSA) is 54.7 Å². The average Bonchev–Trinajstić information content (AvgIpc) is 2.44. The number of H-pyrrole nitrogens is 1. The van der Waals surface area contributed by atoms with E-state index in [4.69, 9.17) is 5.73 Å². The van der Waals surface area contributed by atoms with Crippen molar-refractivity contribution >= 4 is 11.0 Å². The van der Waals surface area contributed by atoms with Crippen LogP contribution in [-0.4, -0.2) is 16.0 Å². The minimum atomic E-state index is 0.153. The molecule has 68 valence electrons. The van der Waals surface area contributed by atoms with Crippen molar-refractivity contribution in [1.82, 2.24) is 9.97 Å². The van der Waals surface area contributed by atoms with E-state index < -0.39 is 0 Å². The largest absolute Gasteiger partial charge is 0.342 e. The molecule has 0 fully saturated rings. The van der Waals surface area contributed by atoms with Crippen LogP contribution in [0.3, 0.4) is 0 Å². The minimum absolute atomic E-state index is 0.153. The molecule has 0 saturated carbocycles. The highest BCUT2D eigenvalue weighted by Crippen LogP contribution is 2.10. The number of benzene rings is 1. The fourth-order valence-corrected chi connectivity index (χ4v) is 1.41. The molecule has 0 spiro atoms. The van der Waals surface area contributed by atoms with Gasteiger partial charge >= 0.3 is 0 Å². The zero-order valence-corrected chi connectivity index (χ0v) is 7.62. The number of aromatic nitrogens is 2. The summed E-state index contributed by atoms with van der Waals surface area (Å²) in [6.45, 7) is 1.98. The monoisotopic (exact) mass is 175 g/mol. The first-order valence-corrected chi connectivity index (χ1v) is 4.45. The molecule has 1 aromatic carbocycles. The quantitative estimate of drug-likeness (QED) is 0.725. The first-order valence-electron chi connectivity index (χ1n) is 4.45. The lowest BCUT2D eigenvalue weighted by Crippen LogP contribution is -2.18. The van der Waals surface area contributed by atoms with E-state index in [2.05, 4.69) is 9.97 Å². The molecule has 3 N–H and O–H groups in total. The summed E-state index contributed by atoms with van der Waals surface area (Å²) < 4.78 is 0. The van der Waals surface area contributed by atoms with Gasteiger partial charge in [-0.25, -0.2) is 4.98 Å². The van der Waals surface area contributed by atoms with Crippen molar-refractivity contribution in [2.24, 2.45) is 5.73 Å². The zero-order valence-electron chi connectivity index (χ0n) is 7.62. The van der Waals surface area contributed by atoms with E-state index in [0.29, 0.717) is 0 Å². The van der Waals surface area contributed by atoms with Crippen LogP contribution in [0.1, 0.15) is 12.7 Å². The molecular weight excluding hydrogens is 162 g/mol. The standard InChI is InChI=1S/C10H13N3/c1-7(11)6-10-12-8-4-2-3-5-9(8)13-10/h2-5,7H,6,11H2,1H3,(H,12,13)/t7-/m0/s1. The summed E-state index contributed by atoms with van der Waals surface area (Å²) in [5.41, 5.74) is 7.78.